The first-order valence-electron chi connectivity index (χ1n) is 12.1. The second kappa shape index (κ2) is 10.2. The molecule has 0 radical (unpaired) electrons. The Balaban J connectivity index is 1.12. The number of hydrogen-bond acceptors (Lipinski definition) is 3. The summed E-state index contributed by atoms with van der Waals surface area (Å²) in [5, 5.41) is 0.662. The van der Waals surface area contributed by atoms with Gasteiger partial charge in [-0.1, -0.05) is 54.1 Å². The molecule has 0 bridgehead atoms. The van der Waals surface area contributed by atoms with E-state index in [1.807, 2.05) is 41.3 Å². The van der Waals surface area contributed by atoms with E-state index in [1.165, 1.54) is 11.1 Å². The quantitative estimate of drug-likeness (QED) is 0.436. The van der Waals surface area contributed by atoms with Crippen LogP contribution in [-0.4, -0.2) is 41.9 Å². The van der Waals surface area contributed by atoms with Gasteiger partial charge in [0.15, 0.2) is 0 Å². The molecule has 5 rings (SSSR count). The lowest BCUT2D eigenvalue weighted by atomic mass is 9.77. The molecule has 0 unspecified atom stereocenters. The Kier molecular flexibility index (Phi) is 6.89. The largest absolute Gasteiger partial charge is 0.489 e. The third-order valence-electron chi connectivity index (χ3n) is 7.29. The van der Waals surface area contributed by atoms with Gasteiger partial charge in [-0.2, -0.15) is 0 Å². The summed E-state index contributed by atoms with van der Waals surface area (Å²) in [6, 6.07) is 26.0. The van der Waals surface area contributed by atoms with Crippen molar-refractivity contribution in [1.29, 1.82) is 0 Å². The minimum Gasteiger partial charge on any atom is -0.489 e. The fourth-order valence-electron chi connectivity index (χ4n) is 5.21. The van der Waals surface area contributed by atoms with Crippen LogP contribution < -0.4 is 4.74 Å². The van der Waals surface area contributed by atoms with Gasteiger partial charge in [-0.15, -0.1) is 0 Å². The highest BCUT2D eigenvalue weighted by molar-refractivity contribution is 6.30. The molecule has 5 heteroatoms. The molecule has 3 aromatic carbocycles. The molecule has 2 fully saturated rings. The van der Waals surface area contributed by atoms with E-state index >= 15 is 0 Å². The van der Waals surface area contributed by atoms with E-state index in [0.717, 1.165) is 63.3 Å². The third-order valence-corrected chi connectivity index (χ3v) is 7.54. The molecule has 0 atom stereocenters. The maximum atomic E-state index is 12.9. The number of hydrogen-bond donors (Lipinski definition) is 0. The maximum absolute atomic E-state index is 12.9. The predicted molar refractivity (Wildman–Crippen MR) is 136 cm³/mol. The predicted octanol–water partition coefficient (Wildman–Crippen LogP) is 6.05. The van der Waals surface area contributed by atoms with Gasteiger partial charge in [0.25, 0.3) is 5.91 Å². The SMILES string of the molecule is O=C(c1ccc(Cl)cc1)N1CCC2(CCN(Cc3cccc(OCc4ccccc4)c3)CC2)C1. The average molecular weight is 475 g/mol. The first-order chi connectivity index (χ1) is 16.6. The van der Waals surface area contributed by atoms with E-state index in [-0.39, 0.29) is 11.3 Å². The third kappa shape index (κ3) is 5.45. The fraction of sp³-hybridized carbons (Fsp3) is 0.345. The average Bonchev–Trinajstić information content (AvgIpc) is 3.29. The Morgan fingerprint density at radius 2 is 1.56 bits per heavy atom. The molecule has 2 saturated heterocycles. The fourth-order valence-corrected chi connectivity index (χ4v) is 5.34. The molecular formula is C29H31ClN2O2. The molecule has 3 aromatic rings. The zero-order chi connectivity index (χ0) is 23.4. The van der Waals surface area contributed by atoms with Crippen molar-refractivity contribution in [3.8, 4) is 5.75 Å². The van der Waals surface area contributed by atoms with E-state index in [0.29, 0.717) is 11.6 Å². The number of ether oxygens (including phenoxy) is 1. The van der Waals surface area contributed by atoms with Crippen molar-refractivity contribution >= 4 is 17.5 Å². The Bertz CT molecular complexity index is 1110. The molecule has 2 heterocycles. The number of carbonyl (C=O) groups is 1. The number of nitrogens with zero attached hydrogens (tertiary/aromatic N) is 2. The number of halogens is 1. The van der Waals surface area contributed by atoms with Crippen LogP contribution in [0.25, 0.3) is 0 Å². The number of likely N-dealkylation sites (tertiary alicyclic amines) is 2. The van der Waals surface area contributed by atoms with Crippen molar-refractivity contribution in [3.05, 3.63) is 101 Å². The van der Waals surface area contributed by atoms with Gasteiger partial charge >= 0.3 is 0 Å². The molecule has 1 spiro atoms. The second-order valence-electron chi connectivity index (χ2n) is 9.68. The zero-order valence-electron chi connectivity index (χ0n) is 19.5. The Hall–Kier alpha value is -2.82. The lowest BCUT2D eigenvalue weighted by Crippen LogP contribution is -2.41. The van der Waals surface area contributed by atoms with Crippen LogP contribution in [0.5, 0.6) is 5.75 Å². The molecular weight excluding hydrogens is 444 g/mol. The van der Waals surface area contributed by atoms with Crippen LogP contribution in [0.3, 0.4) is 0 Å². The van der Waals surface area contributed by atoms with Gasteiger partial charge in [0, 0.05) is 30.2 Å². The molecule has 176 valence electrons. The Labute approximate surface area is 207 Å². The van der Waals surface area contributed by atoms with Crippen molar-refractivity contribution in [2.24, 2.45) is 5.41 Å². The second-order valence-corrected chi connectivity index (χ2v) is 10.1. The van der Waals surface area contributed by atoms with Crippen molar-refractivity contribution < 1.29 is 9.53 Å². The summed E-state index contributed by atoms with van der Waals surface area (Å²) in [6.45, 7) is 5.37. The summed E-state index contributed by atoms with van der Waals surface area (Å²) >= 11 is 5.98. The van der Waals surface area contributed by atoms with Gasteiger partial charge in [-0.3, -0.25) is 9.69 Å². The first kappa shape index (κ1) is 22.9. The van der Waals surface area contributed by atoms with Gasteiger partial charge in [0.1, 0.15) is 12.4 Å². The van der Waals surface area contributed by atoms with Crippen LogP contribution in [0, 0.1) is 5.41 Å². The van der Waals surface area contributed by atoms with E-state index < -0.39 is 0 Å². The summed E-state index contributed by atoms with van der Waals surface area (Å²) in [5.41, 5.74) is 3.45. The standard InChI is InChI=1S/C29H31ClN2O2/c30-26-11-9-25(10-12-26)28(33)32-18-15-29(22-32)13-16-31(17-14-29)20-24-7-4-8-27(19-24)34-21-23-5-2-1-3-6-23/h1-12,19H,13-18,20-22H2. The summed E-state index contributed by atoms with van der Waals surface area (Å²) < 4.78 is 6.01. The molecule has 34 heavy (non-hydrogen) atoms. The highest BCUT2D eigenvalue weighted by Gasteiger charge is 2.42. The summed E-state index contributed by atoms with van der Waals surface area (Å²) in [4.78, 5) is 17.5. The molecule has 1 amide bonds. The molecule has 0 aromatic heterocycles. The number of piperidine rings is 1. The van der Waals surface area contributed by atoms with Gasteiger partial charge in [0.2, 0.25) is 0 Å². The summed E-state index contributed by atoms with van der Waals surface area (Å²) in [6.07, 6.45) is 3.38. The Morgan fingerprint density at radius 1 is 0.853 bits per heavy atom. The molecule has 2 aliphatic rings. The van der Waals surface area contributed by atoms with Crippen LogP contribution in [-0.2, 0) is 13.2 Å². The molecule has 0 N–H and O–H groups in total. The summed E-state index contributed by atoms with van der Waals surface area (Å²) in [5.74, 6) is 1.05. The number of benzene rings is 3. The Morgan fingerprint density at radius 3 is 2.32 bits per heavy atom. The van der Waals surface area contributed by atoms with Crippen molar-refractivity contribution in [3.63, 3.8) is 0 Å². The van der Waals surface area contributed by atoms with Gasteiger partial charge in [-0.25, -0.2) is 0 Å². The molecule has 2 aliphatic heterocycles. The van der Waals surface area contributed by atoms with Crippen LogP contribution in [0.1, 0.15) is 40.7 Å². The lowest BCUT2D eigenvalue weighted by molar-refractivity contribution is 0.0714. The molecule has 0 saturated carbocycles. The number of amides is 1. The van der Waals surface area contributed by atoms with Crippen molar-refractivity contribution in [1.82, 2.24) is 9.80 Å². The van der Waals surface area contributed by atoms with Gasteiger partial charge in [-0.05, 0) is 85.3 Å². The van der Waals surface area contributed by atoms with Crippen LogP contribution in [0.15, 0.2) is 78.9 Å². The van der Waals surface area contributed by atoms with Gasteiger partial charge < -0.3 is 9.64 Å². The highest BCUT2D eigenvalue weighted by Crippen LogP contribution is 2.41. The van der Waals surface area contributed by atoms with Crippen LogP contribution in [0.4, 0.5) is 0 Å². The minimum absolute atomic E-state index is 0.128. The van der Waals surface area contributed by atoms with E-state index in [9.17, 15) is 4.79 Å². The zero-order valence-corrected chi connectivity index (χ0v) is 20.2. The van der Waals surface area contributed by atoms with E-state index in [1.54, 1.807) is 12.1 Å². The smallest absolute Gasteiger partial charge is 0.253 e. The highest BCUT2D eigenvalue weighted by atomic mass is 35.5. The van der Waals surface area contributed by atoms with Gasteiger partial charge in [0.05, 0.1) is 0 Å². The van der Waals surface area contributed by atoms with Crippen molar-refractivity contribution in [2.45, 2.75) is 32.4 Å². The lowest BCUT2D eigenvalue weighted by Gasteiger charge is -2.39. The number of rotatable bonds is 6. The van der Waals surface area contributed by atoms with E-state index in [2.05, 4.69) is 35.2 Å². The van der Waals surface area contributed by atoms with Crippen molar-refractivity contribution in [2.75, 3.05) is 26.2 Å². The van der Waals surface area contributed by atoms with E-state index in [4.69, 9.17) is 16.3 Å². The first-order valence-corrected chi connectivity index (χ1v) is 12.5. The monoisotopic (exact) mass is 474 g/mol. The number of carbonyl (C=O) groups excluding carboxylic acids is 1. The van der Waals surface area contributed by atoms with Crippen LogP contribution in [0.2, 0.25) is 5.02 Å². The normalized spacial score (nSPS) is 17.7. The topological polar surface area (TPSA) is 32.8 Å². The van der Waals surface area contributed by atoms with Crippen LogP contribution >= 0.6 is 11.6 Å². The molecule has 0 aliphatic carbocycles. The summed E-state index contributed by atoms with van der Waals surface area (Å²) in [7, 11) is 0. The minimum atomic E-state index is 0.128. The molecule has 4 nitrogen and oxygen atoms in total. The maximum Gasteiger partial charge on any atom is 0.253 e.